The highest BCUT2D eigenvalue weighted by atomic mass is 35.5. The van der Waals surface area contributed by atoms with Gasteiger partial charge in [0.2, 0.25) is 23.6 Å². The summed E-state index contributed by atoms with van der Waals surface area (Å²) in [5.41, 5.74) is -1.12. The standard InChI is InChI=1S/C49H69ClN4O13S/c1-28-10-9-11-36(27-56)49(64)24-38(66-47(63)51-49)29(2)23-48(5,65-8)40(22-42(59)53(7)37-20-33(18-28)19-35(26-55)44(37)50)67-46(62)30(3)52(6)41(58)16-17-68-39-21-43(60)54(45(39)61)25-32-12-14-34(15-13-32)31(4)57/h9-11,19-20,29-30,32,34,36,38-40,55-56,64H,12-18,21-27H2,1-8H3,(H,51,63)/b11-9+,28-10+/t29-,30-,32?,34?,36-,38-,39?,40-,48+,49-/m0/s1. The number of methoxy groups -OCH3 is 1. The number of halogens is 1. The first kappa shape index (κ1) is 54.6. The number of anilines is 1. The predicted octanol–water partition coefficient (Wildman–Crippen LogP) is 4.88. The third-order valence-electron chi connectivity index (χ3n) is 14.3. The number of esters is 1. The van der Waals surface area contributed by atoms with Gasteiger partial charge in [-0.2, -0.15) is 0 Å². The van der Waals surface area contributed by atoms with Crippen LogP contribution >= 0.6 is 23.4 Å². The van der Waals surface area contributed by atoms with Gasteiger partial charge in [-0.15, -0.1) is 11.8 Å². The number of hydrogen-bond donors (Lipinski definition) is 4. The maximum absolute atomic E-state index is 14.4. The number of likely N-dealkylation sites (tertiary alicyclic amines) is 1. The van der Waals surface area contributed by atoms with Crippen LogP contribution in [0.1, 0.15) is 104 Å². The minimum Gasteiger partial charge on any atom is -0.457 e. The van der Waals surface area contributed by atoms with Gasteiger partial charge in [0.25, 0.3) is 0 Å². The highest BCUT2D eigenvalue weighted by Crippen LogP contribution is 2.39. The van der Waals surface area contributed by atoms with E-state index in [1.165, 1.54) is 54.6 Å². The van der Waals surface area contributed by atoms with Gasteiger partial charge in [-0.1, -0.05) is 48.4 Å². The van der Waals surface area contributed by atoms with E-state index in [1.54, 1.807) is 51.1 Å². The molecule has 0 aromatic heterocycles. The van der Waals surface area contributed by atoms with Gasteiger partial charge in [-0.3, -0.25) is 34.2 Å². The van der Waals surface area contributed by atoms with Gasteiger partial charge in [0.05, 0.1) is 35.6 Å². The number of thioether (sulfide) groups is 1. The van der Waals surface area contributed by atoms with Crippen LogP contribution in [0.4, 0.5) is 10.5 Å². The summed E-state index contributed by atoms with van der Waals surface area (Å²) in [4.78, 5) is 96.9. The van der Waals surface area contributed by atoms with Crippen LogP contribution in [0.2, 0.25) is 5.02 Å². The second-order valence-electron chi connectivity index (χ2n) is 19.3. The summed E-state index contributed by atoms with van der Waals surface area (Å²) in [5.74, 6) is -3.30. The lowest BCUT2D eigenvalue weighted by molar-refractivity contribution is -0.180. The van der Waals surface area contributed by atoms with E-state index in [2.05, 4.69) is 5.32 Å². The number of ketones is 1. The fraction of sp³-hybridized carbons (Fsp3) is 0.653. The van der Waals surface area contributed by atoms with Crippen LogP contribution in [0, 0.1) is 23.7 Å². The quantitative estimate of drug-likeness (QED) is 0.153. The molecule has 19 heteroatoms. The number of rotatable bonds is 13. The van der Waals surface area contributed by atoms with E-state index in [0.717, 1.165) is 31.3 Å². The van der Waals surface area contributed by atoms with Gasteiger partial charge in [-0.05, 0) is 95.2 Å². The highest BCUT2D eigenvalue weighted by molar-refractivity contribution is 8.00. The molecule has 3 fully saturated rings. The van der Waals surface area contributed by atoms with Crippen LogP contribution in [0.3, 0.4) is 0 Å². The molecule has 1 saturated carbocycles. The first-order chi connectivity index (χ1) is 32.0. The largest absolute Gasteiger partial charge is 0.457 e. The molecule has 3 heterocycles. The number of imide groups is 1. The number of aliphatic hydroxyl groups excluding tert-OH is 2. The van der Waals surface area contributed by atoms with E-state index in [4.69, 9.17) is 25.8 Å². The van der Waals surface area contributed by atoms with Crippen molar-refractivity contribution in [2.24, 2.45) is 23.7 Å². The second kappa shape index (κ2) is 23.5. The Kier molecular flexibility index (Phi) is 18.9. The molecule has 3 aliphatic heterocycles. The Hall–Kier alpha value is -4.33. The molecule has 2 saturated heterocycles. The first-order valence-electron chi connectivity index (χ1n) is 23.4. The van der Waals surface area contributed by atoms with Crippen LogP contribution in [0.25, 0.3) is 0 Å². The zero-order valence-corrected chi connectivity index (χ0v) is 42.0. The number of hydrogen-bond acceptors (Lipinski definition) is 14. The average molecular weight is 990 g/mol. The Morgan fingerprint density at radius 3 is 2.40 bits per heavy atom. The van der Waals surface area contributed by atoms with Crippen molar-refractivity contribution in [1.82, 2.24) is 15.1 Å². The van der Waals surface area contributed by atoms with Gasteiger partial charge in [0, 0.05) is 64.6 Å². The molecule has 68 heavy (non-hydrogen) atoms. The molecule has 1 aromatic carbocycles. The predicted molar refractivity (Wildman–Crippen MR) is 255 cm³/mol. The number of allylic oxidation sites excluding steroid dienone is 3. The Labute approximate surface area is 408 Å². The van der Waals surface area contributed by atoms with Crippen LogP contribution < -0.4 is 10.2 Å². The molecule has 376 valence electrons. The number of likely N-dealkylation sites (N-methyl/N-ethyl adjacent to an activating group) is 1. The molecular weight excluding hydrogens is 920 g/mol. The molecule has 0 radical (unpaired) electrons. The van der Waals surface area contributed by atoms with Crippen molar-refractivity contribution in [3.63, 3.8) is 0 Å². The lowest BCUT2D eigenvalue weighted by Crippen LogP contribution is -2.62. The van der Waals surface area contributed by atoms with Crippen molar-refractivity contribution in [3.8, 4) is 0 Å². The van der Waals surface area contributed by atoms with Gasteiger partial charge in [0.1, 0.15) is 29.6 Å². The lowest BCUT2D eigenvalue weighted by Gasteiger charge is -2.44. The summed E-state index contributed by atoms with van der Waals surface area (Å²) in [5, 5.41) is 34.5. The normalized spacial score (nSPS) is 31.3. The van der Waals surface area contributed by atoms with E-state index in [0.29, 0.717) is 29.8 Å². The van der Waals surface area contributed by atoms with Crippen molar-refractivity contribution < 1.29 is 63.1 Å². The smallest absolute Gasteiger partial charge is 0.409 e. The number of aliphatic hydroxyl groups is 3. The number of ether oxygens (including phenoxy) is 3. The summed E-state index contributed by atoms with van der Waals surface area (Å²) >= 11 is 8.00. The summed E-state index contributed by atoms with van der Waals surface area (Å²) in [6, 6.07) is 2.30. The number of nitrogens with zero attached hydrogens (tertiary/aromatic N) is 3. The zero-order valence-electron chi connectivity index (χ0n) is 40.5. The van der Waals surface area contributed by atoms with E-state index in [9.17, 15) is 48.9 Å². The SMILES string of the molecule is CO[C@]1(C)C[C@H](C)[C@@H]2C[C@@](O)(NC(=O)O2)[C@H](CO)/C=C/C=C(\C)Cc2cc(CO)c(Cl)c(c2)N(C)C(=O)C[C@@H]1OC(=O)[C@H](C)N(C)C(=O)CCSC1CC(=O)N(CC2CCC(C(C)=O)CC2)C1=O. The van der Waals surface area contributed by atoms with Gasteiger partial charge in [0.15, 0.2) is 5.72 Å². The summed E-state index contributed by atoms with van der Waals surface area (Å²) in [6.45, 7) is 7.75. The first-order valence-corrected chi connectivity index (χ1v) is 24.8. The van der Waals surface area contributed by atoms with E-state index >= 15 is 0 Å². The molecule has 4 aliphatic rings. The topological polar surface area (TPSA) is 230 Å². The number of Topliss-reactive ketones (excluding diaryl/α,β-unsaturated/α-hetero) is 1. The van der Waals surface area contributed by atoms with Gasteiger partial charge >= 0.3 is 12.1 Å². The van der Waals surface area contributed by atoms with Crippen LogP contribution in [-0.2, 0) is 56.0 Å². The molecule has 1 aromatic rings. The van der Waals surface area contributed by atoms with E-state index < -0.39 is 90.2 Å². The molecule has 5 amide bonds. The highest BCUT2D eigenvalue weighted by Gasteiger charge is 2.49. The van der Waals surface area contributed by atoms with Crippen molar-refractivity contribution in [2.75, 3.05) is 45.0 Å². The average Bonchev–Trinajstić information content (AvgIpc) is 3.56. The summed E-state index contributed by atoms with van der Waals surface area (Å²) in [6.07, 6.45) is 4.79. The van der Waals surface area contributed by atoms with E-state index in [1.807, 2.05) is 6.92 Å². The number of benzene rings is 1. The van der Waals surface area contributed by atoms with Gasteiger partial charge in [-0.25, -0.2) is 9.59 Å². The fourth-order valence-corrected chi connectivity index (χ4v) is 11.0. The zero-order chi connectivity index (χ0) is 50.2. The molecule has 17 nitrogen and oxygen atoms in total. The Balaban J connectivity index is 1.34. The number of amides is 5. The van der Waals surface area contributed by atoms with Crippen LogP contribution in [-0.4, -0.2) is 142 Å². The van der Waals surface area contributed by atoms with Crippen molar-refractivity contribution >= 4 is 70.5 Å². The maximum Gasteiger partial charge on any atom is 0.409 e. The molecule has 0 spiro atoms. The number of nitrogens with one attached hydrogen (secondary N) is 1. The minimum atomic E-state index is -1.91. The van der Waals surface area contributed by atoms with Crippen molar-refractivity contribution in [2.45, 2.75) is 140 Å². The third kappa shape index (κ3) is 13.1. The molecule has 4 N–H and O–H groups in total. The number of alkyl carbamates (subject to hydrolysis) is 1. The number of carbonyl (C=O) groups is 7. The monoisotopic (exact) mass is 988 g/mol. The van der Waals surface area contributed by atoms with Crippen LogP contribution in [0.5, 0.6) is 0 Å². The molecule has 8 atom stereocenters. The summed E-state index contributed by atoms with van der Waals surface area (Å²) in [7, 11) is 4.35. The maximum atomic E-state index is 14.4. The third-order valence-corrected chi connectivity index (χ3v) is 16.0. The lowest BCUT2D eigenvalue weighted by atomic mass is 9.79. The molecule has 4 bridgehead atoms. The van der Waals surface area contributed by atoms with Gasteiger partial charge < -0.3 is 39.3 Å². The fourth-order valence-electron chi connectivity index (χ4n) is 9.60. The number of fused-ring (bicyclic) bond motifs is 4. The van der Waals surface area contributed by atoms with Crippen molar-refractivity contribution in [1.29, 1.82) is 0 Å². The van der Waals surface area contributed by atoms with Crippen molar-refractivity contribution in [3.05, 3.63) is 52.1 Å². The molecule has 1 unspecified atom stereocenters. The minimum absolute atomic E-state index is 0.0279. The Bertz CT molecular complexity index is 2130. The second-order valence-corrected chi connectivity index (χ2v) is 20.9. The van der Waals surface area contributed by atoms with E-state index in [-0.39, 0.29) is 65.9 Å². The Morgan fingerprint density at radius 2 is 1.76 bits per heavy atom. The number of carbonyl (C=O) groups excluding carboxylic acids is 7. The van der Waals surface area contributed by atoms with Crippen LogP contribution in [0.15, 0.2) is 35.9 Å². The summed E-state index contributed by atoms with van der Waals surface area (Å²) < 4.78 is 17.9. The molecule has 5 rings (SSSR count). The molecular formula is C49H69ClN4O13S. The molecule has 1 aliphatic carbocycles. The Morgan fingerprint density at radius 1 is 1.07 bits per heavy atom.